The van der Waals surface area contributed by atoms with Crippen molar-refractivity contribution in [2.75, 3.05) is 5.90 Å². The first-order chi connectivity index (χ1) is 17.5. The van der Waals surface area contributed by atoms with Gasteiger partial charge >= 0.3 is 0 Å². The summed E-state index contributed by atoms with van der Waals surface area (Å²) in [5, 5.41) is 5.77. The monoisotopic (exact) mass is 560 g/mol. The molecule has 37 heavy (non-hydrogen) atoms. The molecule has 6 heteroatoms. The maximum Gasteiger partial charge on any atom is 0.208 e. The van der Waals surface area contributed by atoms with Gasteiger partial charge in [-0.3, -0.25) is 0 Å². The van der Waals surface area contributed by atoms with Crippen LogP contribution in [0, 0.1) is 0 Å². The SMILES string of the molecule is C[Si](C)(C)N[P+](C[P+](N[Si](C)(C)C)(c1ccccc1)c1ccccc1)(c1ccccc1)c1ccccc1. The zero-order valence-electron chi connectivity index (χ0n) is 23.1. The summed E-state index contributed by atoms with van der Waals surface area (Å²) in [4.78, 5) is 0. The standard InChI is InChI=1S/C31H42N2P2Si2/c1-36(2,3)32-34(28-19-11-7-12-20-28,29-21-13-8-14-22-29)27-35(33-37(4,5)6,30-23-15-9-16-24-30)31-25-17-10-18-26-31/h7-26,32-33H,27H2,1-6H3/q+2. The van der Waals surface area contributed by atoms with Crippen molar-refractivity contribution in [3.05, 3.63) is 121 Å². The average Bonchev–Trinajstić information content (AvgIpc) is 2.88. The molecule has 0 radical (unpaired) electrons. The topological polar surface area (TPSA) is 24.1 Å². The van der Waals surface area contributed by atoms with E-state index in [9.17, 15) is 0 Å². The fourth-order valence-electron chi connectivity index (χ4n) is 5.15. The Balaban J connectivity index is 2.09. The van der Waals surface area contributed by atoms with Crippen molar-refractivity contribution in [1.82, 2.24) is 9.51 Å². The summed E-state index contributed by atoms with van der Waals surface area (Å²) in [6, 6.07) is 45.3. The third-order valence-corrected chi connectivity index (χ3v) is 22.8. The Labute approximate surface area is 227 Å². The van der Waals surface area contributed by atoms with Crippen LogP contribution < -0.4 is 30.7 Å². The number of rotatable bonds is 10. The van der Waals surface area contributed by atoms with E-state index in [-0.39, 0.29) is 0 Å². The van der Waals surface area contributed by atoms with Crippen molar-refractivity contribution < 1.29 is 0 Å². The number of hydrogen-bond donors (Lipinski definition) is 2. The van der Waals surface area contributed by atoms with Gasteiger partial charge in [0.1, 0.15) is 21.2 Å². The van der Waals surface area contributed by atoms with Crippen molar-refractivity contribution in [2.45, 2.75) is 39.3 Å². The number of benzene rings is 4. The van der Waals surface area contributed by atoms with Crippen LogP contribution in [0.3, 0.4) is 0 Å². The molecule has 4 rings (SSSR count). The molecule has 0 unspecified atom stereocenters. The molecule has 0 saturated heterocycles. The highest BCUT2D eigenvalue weighted by molar-refractivity contribution is 8.04. The lowest BCUT2D eigenvalue weighted by atomic mass is 10.4. The molecule has 0 aromatic heterocycles. The van der Waals surface area contributed by atoms with Crippen LogP contribution in [0.15, 0.2) is 121 Å². The maximum atomic E-state index is 4.44. The highest BCUT2D eigenvalue weighted by Gasteiger charge is 2.60. The Morgan fingerprint density at radius 2 is 0.622 bits per heavy atom. The van der Waals surface area contributed by atoms with Gasteiger partial charge in [0.2, 0.25) is 5.90 Å². The van der Waals surface area contributed by atoms with Crippen LogP contribution in [0.2, 0.25) is 39.3 Å². The molecule has 0 heterocycles. The fraction of sp³-hybridized carbons (Fsp3) is 0.226. The normalized spacial score (nSPS) is 12.9. The maximum absolute atomic E-state index is 4.44. The van der Waals surface area contributed by atoms with E-state index < -0.39 is 31.3 Å². The highest BCUT2D eigenvalue weighted by Crippen LogP contribution is 2.69. The largest absolute Gasteiger partial charge is 0.208 e. The Hall–Kier alpha value is -1.91. The smallest absolute Gasteiger partial charge is 0.206 e. The van der Waals surface area contributed by atoms with E-state index in [1.54, 1.807) is 0 Å². The number of hydrogen-bond acceptors (Lipinski definition) is 2. The minimum absolute atomic E-state index is 1.07. The van der Waals surface area contributed by atoms with Gasteiger partial charge in [0.05, 0.1) is 0 Å². The minimum atomic E-state index is -2.04. The zero-order valence-corrected chi connectivity index (χ0v) is 26.9. The molecule has 2 N–H and O–H groups in total. The van der Waals surface area contributed by atoms with E-state index in [0.29, 0.717) is 0 Å². The predicted octanol–water partition coefficient (Wildman–Crippen LogP) is 6.96. The highest BCUT2D eigenvalue weighted by atomic mass is 31.2. The van der Waals surface area contributed by atoms with Crippen LogP contribution in [-0.2, 0) is 0 Å². The second-order valence-corrected chi connectivity index (χ2v) is 29.1. The van der Waals surface area contributed by atoms with Crippen LogP contribution in [0.5, 0.6) is 0 Å². The first kappa shape index (κ1) is 28.1. The van der Waals surface area contributed by atoms with Gasteiger partial charge in [-0.15, -0.1) is 0 Å². The summed E-state index contributed by atoms with van der Waals surface area (Å²) < 4.78 is 8.87. The molecule has 0 aliphatic rings. The second-order valence-electron chi connectivity index (χ2n) is 11.8. The van der Waals surface area contributed by atoms with Gasteiger partial charge in [-0.1, -0.05) is 112 Å². The molecule has 0 atom stereocenters. The quantitative estimate of drug-likeness (QED) is 0.162. The van der Waals surface area contributed by atoms with E-state index in [4.69, 9.17) is 0 Å². The van der Waals surface area contributed by atoms with Crippen molar-refractivity contribution >= 4 is 52.5 Å². The van der Waals surface area contributed by atoms with Crippen molar-refractivity contribution in [3.8, 4) is 0 Å². The lowest BCUT2D eigenvalue weighted by Gasteiger charge is -2.39. The molecule has 0 aliphatic heterocycles. The fourth-order valence-corrected chi connectivity index (χ4v) is 26.7. The molecule has 0 amide bonds. The summed E-state index contributed by atoms with van der Waals surface area (Å²) in [7, 11) is -7.52. The van der Waals surface area contributed by atoms with Crippen LogP contribution in [0.25, 0.3) is 0 Å². The first-order valence-corrected chi connectivity index (χ1v) is 24.1. The van der Waals surface area contributed by atoms with Crippen molar-refractivity contribution in [1.29, 1.82) is 0 Å². The first-order valence-electron chi connectivity index (χ1n) is 13.1. The molecule has 0 aliphatic carbocycles. The molecule has 4 aromatic rings. The summed E-state index contributed by atoms with van der Waals surface area (Å²) >= 11 is 0. The molecule has 0 bridgehead atoms. The summed E-state index contributed by atoms with van der Waals surface area (Å²) in [5.41, 5.74) is 0. The zero-order chi connectivity index (χ0) is 26.6. The lowest BCUT2D eigenvalue weighted by molar-refractivity contribution is 1.37. The lowest BCUT2D eigenvalue weighted by Crippen LogP contribution is -2.53. The van der Waals surface area contributed by atoms with Crippen molar-refractivity contribution in [3.63, 3.8) is 0 Å². The van der Waals surface area contributed by atoms with Gasteiger partial charge < -0.3 is 0 Å². The minimum Gasteiger partial charge on any atom is -0.206 e. The molecule has 0 spiro atoms. The molecule has 192 valence electrons. The Morgan fingerprint density at radius 3 is 0.811 bits per heavy atom. The summed E-state index contributed by atoms with van der Waals surface area (Å²) in [6.45, 7) is 14.7. The van der Waals surface area contributed by atoms with Gasteiger partial charge in [-0.25, -0.2) is 9.51 Å². The third-order valence-electron chi connectivity index (χ3n) is 6.26. The summed E-state index contributed by atoms with van der Waals surface area (Å²) in [5.74, 6) is 1.07. The van der Waals surface area contributed by atoms with Crippen LogP contribution >= 0.6 is 14.8 Å². The van der Waals surface area contributed by atoms with Gasteiger partial charge in [0.25, 0.3) is 0 Å². The predicted molar refractivity (Wildman–Crippen MR) is 176 cm³/mol. The van der Waals surface area contributed by atoms with E-state index in [0.717, 1.165) is 5.90 Å². The van der Waals surface area contributed by atoms with Crippen LogP contribution in [0.4, 0.5) is 0 Å². The van der Waals surface area contributed by atoms with Crippen molar-refractivity contribution in [2.24, 2.45) is 0 Å². The summed E-state index contributed by atoms with van der Waals surface area (Å²) in [6.07, 6.45) is 0. The molecule has 0 fully saturated rings. The van der Waals surface area contributed by atoms with Gasteiger partial charge in [0.15, 0.2) is 31.3 Å². The third kappa shape index (κ3) is 6.76. The van der Waals surface area contributed by atoms with Gasteiger partial charge in [-0.2, -0.15) is 0 Å². The molecule has 0 saturated carbocycles. The van der Waals surface area contributed by atoms with E-state index >= 15 is 0 Å². The average molecular weight is 561 g/mol. The van der Waals surface area contributed by atoms with E-state index in [1.807, 2.05) is 0 Å². The molecular weight excluding hydrogens is 518 g/mol. The Kier molecular flexibility index (Phi) is 8.70. The van der Waals surface area contributed by atoms with Gasteiger partial charge in [0, 0.05) is 0 Å². The molecule has 2 nitrogen and oxygen atoms in total. The number of nitrogens with one attached hydrogen (secondary N) is 2. The molecular formula is C31H42N2P2Si2+2. The Morgan fingerprint density at radius 1 is 0.405 bits per heavy atom. The van der Waals surface area contributed by atoms with Gasteiger partial charge in [-0.05, 0) is 48.5 Å². The van der Waals surface area contributed by atoms with E-state index in [2.05, 4.69) is 170 Å². The van der Waals surface area contributed by atoms with E-state index in [1.165, 1.54) is 21.2 Å². The Bertz CT molecular complexity index is 1080. The van der Waals surface area contributed by atoms with Crippen LogP contribution in [0.1, 0.15) is 0 Å². The molecule has 4 aromatic carbocycles. The second kappa shape index (κ2) is 11.5. The van der Waals surface area contributed by atoms with Crippen LogP contribution in [-0.4, -0.2) is 22.4 Å².